The first-order valence-corrected chi connectivity index (χ1v) is 6.82. The van der Waals surface area contributed by atoms with Gasteiger partial charge in [0.2, 0.25) is 5.91 Å². The summed E-state index contributed by atoms with van der Waals surface area (Å²) in [7, 11) is 3.06. The van der Waals surface area contributed by atoms with E-state index < -0.39 is 6.03 Å². The number of primary amides is 1. The Hall–Kier alpha value is -1.79. The van der Waals surface area contributed by atoms with Crippen molar-refractivity contribution >= 4 is 17.9 Å². The van der Waals surface area contributed by atoms with Crippen molar-refractivity contribution in [2.75, 3.05) is 33.8 Å². The lowest BCUT2D eigenvalue weighted by Gasteiger charge is -2.32. The molecule has 20 heavy (non-hydrogen) atoms. The van der Waals surface area contributed by atoms with Gasteiger partial charge >= 0.3 is 12.0 Å². The number of carbonyl (C=O) groups excluding carboxylic acids is 3. The fourth-order valence-corrected chi connectivity index (χ4v) is 2.36. The molecule has 7 heteroatoms. The van der Waals surface area contributed by atoms with Crippen LogP contribution in [0.2, 0.25) is 0 Å². The van der Waals surface area contributed by atoms with E-state index in [1.54, 1.807) is 11.9 Å². The fourth-order valence-electron chi connectivity index (χ4n) is 2.36. The maximum Gasteiger partial charge on any atom is 0.314 e. The van der Waals surface area contributed by atoms with Gasteiger partial charge in [0.05, 0.1) is 13.0 Å². The molecule has 0 aromatic heterocycles. The number of carbonyl (C=O) groups is 3. The molecule has 1 aliphatic heterocycles. The third-order valence-electron chi connectivity index (χ3n) is 3.56. The van der Waals surface area contributed by atoms with Gasteiger partial charge in [0, 0.05) is 33.1 Å². The summed E-state index contributed by atoms with van der Waals surface area (Å²) in [5.74, 6) is -0.469. The Morgan fingerprint density at radius 3 is 2.70 bits per heavy atom. The molecular formula is C13H23N3O4. The highest BCUT2D eigenvalue weighted by Crippen LogP contribution is 2.18. The molecule has 114 valence electrons. The third-order valence-corrected chi connectivity index (χ3v) is 3.56. The number of methoxy groups -OCH3 is 1. The third kappa shape index (κ3) is 4.71. The van der Waals surface area contributed by atoms with Gasteiger partial charge in [-0.25, -0.2) is 4.79 Å². The number of amides is 3. The summed E-state index contributed by atoms with van der Waals surface area (Å²) < 4.78 is 4.55. The zero-order valence-corrected chi connectivity index (χ0v) is 12.1. The van der Waals surface area contributed by atoms with Crippen LogP contribution in [0.4, 0.5) is 4.79 Å². The molecule has 0 aromatic carbocycles. The summed E-state index contributed by atoms with van der Waals surface area (Å²) in [6.07, 6.45) is 2.42. The van der Waals surface area contributed by atoms with Crippen LogP contribution in [0.5, 0.6) is 0 Å². The van der Waals surface area contributed by atoms with Crippen LogP contribution in [0.15, 0.2) is 0 Å². The lowest BCUT2D eigenvalue weighted by molar-refractivity contribution is -0.141. The number of piperidine rings is 1. The molecule has 7 nitrogen and oxygen atoms in total. The normalized spacial score (nSPS) is 18.5. The second-order valence-corrected chi connectivity index (χ2v) is 5.06. The molecule has 1 rings (SSSR count). The molecule has 1 unspecified atom stereocenters. The summed E-state index contributed by atoms with van der Waals surface area (Å²) in [4.78, 5) is 37.5. The molecule has 0 saturated carbocycles. The highest BCUT2D eigenvalue weighted by molar-refractivity contribution is 5.80. The molecule has 3 amide bonds. The zero-order valence-electron chi connectivity index (χ0n) is 12.1. The first-order valence-electron chi connectivity index (χ1n) is 6.82. The number of rotatable bonds is 5. The molecule has 1 fully saturated rings. The molecule has 0 spiro atoms. The van der Waals surface area contributed by atoms with Crippen LogP contribution in [0.3, 0.4) is 0 Å². The van der Waals surface area contributed by atoms with E-state index in [9.17, 15) is 14.4 Å². The highest BCUT2D eigenvalue weighted by atomic mass is 16.5. The Morgan fingerprint density at radius 1 is 1.40 bits per heavy atom. The molecular weight excluding hydrogens is 262 g/mol. The van der Waals surface area contributed by atoms with Gasteiger partial charge in [-0.15, -0.1) is 0 Å². The molecule has 0 radical (unpaired) electrons. The molecule has 2 N–H and O–H groups in total. The predicted octanol–water partition coefficient (Wildman–Crippen LogP) is 0.189. The van der Waals surface area contributed by atoms with Gasteiger partial charge in [-0.05, 0) is 19.3 Å². The second kappa shape index (κ2) is 7.72. The average molecular weight is 285 g/mol. The number of likely N-dealkylation sites (tertiary alicyclic amines) is 1. The van der Waals surface area contributed by atoms with Crippen molar-refractivity contribution in [2.24, 2.45) is 11.7 Å². The van der Waals surface area contributed by atoms with Gasteiger partial charge in [0.15, 0.2) is 0 Å². The minimum absolute atomic E-state index is 0.000755. The monoisotopic (exact) mass is 285 g/mol. The summed E-state index contributed by atoms with van der Waals surface area (Å²) in [5, 5.41) is 0. The Labute approximate surface area is 119 Å². The standard InChI is InChI=1S/C13H23N3O4/c1-15(7-4-6-11(17)20-2)12(18)10-5-3-8-16(9-10)13(14)19/h10H,3-9H2,1-2H3,(H2,14,19). The van der Waals surface area contributed by atoms with Gasteiger partial charge in [0.25, 0.3) is 0 Å². The summed E-state index contributed by atoms with van der Waals surface area (Å²) in [5.41, 5.74) is 5.25. The van der Waals surface area contributed by atoms with Crippen molar-refractivity contribution in [1.29, 1.82) is 0 Å². The summed E-state index contributed by atoms with van der Waals surface area (Å²) in [6.45, 7) is 1.50. The topological polar surface area (TPSA) is 92.9 Å². The van der Waals surface area contributed by atoms with Gasteiger partial charge in [-0.1, -0.05) is 0 Å². The fraction of sp³-hybridized carbons (Fsp3) is 0.769. The summed E-state index contributed by atoms with van der Waals surface area (Å²) >= 11 is 0. The lowest BCUT2D eigenvalue weighted by atomic mass is 9.97. The Morgan fingerprint density at radius 2 is 2.10 bits per heavy atom. The van der Waals surface area contributed by atoms with Crippen LogP contribution < -0.4 is 5.73 Å². The van der Waals surface area contributed by atoms with Crippen molar-refractivity contribution in [3.8, 4) is 0 Å². The van der Waals surface area contributed by atoms with E-state index >= 15 is 0 Å². The van der Waals surface area contributed by atoms with E-state index in [1.807, 2.05) is 0 Å². The first-order chi connectivity index (χ1) is 9.45. The van der Waals surface area contributed by atoms with Crippen LogP contribution >= 0.6 is 0 Å². The number of hydrogen-bond acceptors (Lipinski definition) is 4. The molecule has 0 bridgehead atoms. The molecule has 0 aromatic rings. The Bertz CT molecular complexity index is 373. The maximum absolute atomic E-state index is 12.2. The van der Waals surface area contributed by atoms with Crippen LogP contribution in [0.25, 0.3) is 0 Å². The quantitative estimate of drug-likeness (QED) is 0.730. The van der Waals surface area contributed by atoms with E-state index in [0.717, 1.165) is 12.8 Å². The van der Waals surface area contributed by atoms with Gasteiger partial charge in [-0.3, -0.25) is 9.59 Å². The van der Waals surface area contributed by atoms with Crippen LogP contribution in [-0.2, 0) is 14.3 Å². The van der Waals surface area contributed by atoms with Crippen LogP contribution in [-0.4, -0.2) is 61.5 Å². The Balaban J connectivity index is 2.39. The second-order valence-electron chi connectivity index (χ2n) is 5.06. The molecule has 0 aliphatic carbocycles. The number of esters is 1. The molecule has 1 atom stereocenters. The maximum atomic E-state index is 12.2. The lowest BCUT2D eigenvalue weighted by Crippen LogP contribution is -2.47. The highest BCUT2D eigenvalue weighted by Gasteiger charge is 2.29. The van der Waals surface area contributed by atoms with E-state index in [0.29, 0.717) is 32.5 Å². The van der Waals surface area contributed by atoms with Gasteiger partial charge in [-0.2, -0.15) is 0 Å². The van der Waals surface area contributed by atoms with E-state index in [-0.39, 0.29) is 17.8 Å². The van der Waals surface area contributed by atoms with Crippen LogP contribution in [0.1, 0.15) is 25.7 Å². The Kier molecular flexibility index (Phi) is 6.27. The predicted molar refractivity (Wildman–Crippen MR) is 72.8 cm³/mol. The number of hydrogen-bond donors (Lipinski definition) is 1. The molecule has 1 heterocycles. The molecule has 1 aliphatic rings. The number of ether oxygens (including phenoxy) is 1. The van der Waals surface area contributed by atoms with Crippen molar-refractivity contribution < 1.29 is 19.1 Å². The van der Waals surface area contributed by atoms with Crippen molar-refractivity contribution in [2.45, 2.75) is 25.7 Å². The van der Waals surface area contributed by atoms with Crippen LogP contribution in [0, 0.1) is 5.92 Å². The van der Waals surface area contributed by atoms with E-state index in [1.165, 1.54) is 12.0 Å². The zero-order chi connectivity index (χ0) is 15.1. The number of nitrogens with two attached hydrogens (primary N) is 1. The minimum Gasteiger partial charge on any atom is -0.469 e. The number of nitrogens with zero attached hydrogens (tertiary/aromatic N) is 2. The van der Waals surface area contributed by atoms with Crippen molar-refractivity contribution in [3.63, 3.8) is 0 Å². The molecule has 1 saturated heterocycles. The SMILES string of the molecule is COC(=O)CCCN(C)C(=O)C1CCCN(C(N)=O)C1. The average Bonchev–Trinajstić information content (AvgIpc) is 2.46. The minimum atomic E-state index is -0.476. The van der Waals surface area contributed by atoms with E-state index in [2.05, 4.69) is 4.74 Å². The largest absolute Gasteiger partial charge is 0.469 e. The van der Waals surface area contributed by atoms with Gasteiger partial charge < -0.3 is 20.3 Å². The van der Waals surface area contributed by atoms with Gasteiger partial charge in [0.1, 0.15) is 0 Å². The smallest absolute Gasteiger partial charge is 0.314 e. The van der Waals surface area contributed by atoms with E-state index in [4.69, 9.17) is 5.73 Å². The van der Waals surface area contributed by atoms with Crippen molar-refractivity contribution in [3.05, 3.63) is 0 Å². The first kappa shape index (κ1) is 16.3. The van der Waals surface area contributed by atoms with Crippen molar-refractivity contribution in [1.82, 2.24) is 9.80 Å². The number of urea groups is 1. The summed E-state index contributed by atoms with van der Waals surface area (Å²) in [6, 6.07) is -0.476.